The number of aliphatic carboxylic acids is 1. The molecule has 4 nitrogen and oxygen atoms in total. The number of rotatable bonds is 3. The first-order valence-corrected chi connectivity index (χ1v) is 5.39. The first kappa shape index (κ1) is 12.5. The highest BCUT2D eigenvalue weighted by Crippen LogP contribution is 2.12. The summed E-state index contributed by atoms with van der Waals surface area (Å²) < 4.78 is 0. The molecule has 1 atom stereocenters. The minimum atomic E-state index is -1.05. The maximum atomic E-state index is 11.7. The molecule has 0 aromatic carbocycles. The van der Waals surface area contributed by atoms with Crippen LogP contribution in [-0.4, -0.2) is 23.0 Å². The van der Waals surface area contributed by atoms with Crippen LogP contribution in [0.3, 0.4) is 0 Å². The summed E-state index contributed by atoms with van der Waals surface area (Å²) in [6.07, 6.45) is 6.84. The lowest BCUT2D eigenvalue weighted by Gasteiger charge is -2.19. The van der Waals surface area contributed by atoms with Gasteiger partial charge in [-0.15, -0.1) is 0 Å². The molecule has 1 aliphatic carbocycles. The molecule has 0 saturated carbocycles. The van der Waals surface area contributed by atoms with Crippen molar-refractivity contribution in [3.63, 3.8) is 0 Å². The fraction of sp³-hybridized carbons (Fsp3) is 0.500. The van der Waals surface area contributed by atoms with Crippen LogP contribution in [0.2, 0.25) is 0 Å². The average molecular weight is 223 g/mol. The average Bonchev–Trinajstić information content (AvgIpc) is 2.28. The van der Waals surface area contributed by atoms with E-state index in [4.69, 9.17) is 5.11 Å². The van der Waals surface area contributed by atoms with Gasteiger partial charge in [0.05, 0.1) is 0 Å². The van der Waals surface area contributed by atoms with E-state index in [1.165, 1.54) is 13.8 Å². The smallest absolute Gasteiger partial charge is 0.331 e. The van der Waals surface area contributed by atoms with E-state index in [1.807, 2.05) is 6.08 Å². The fourth-order valence-corrected chi connectivity index (χ4v) is 1.55. The second kappa shape index (κ2) is 5.49. The van der Waals surface area contributed by atoms with Crippen molar-refractivity contribution in [2.45, 2.75) is 39.2 Å². The third-order valence-corrected chi connectivity index (χ3v) is 2.83. The number of nitrogens with one attached hydrogen (secondary N) is 1. The van der Waals surface area contributed by atoms with Gasteiger partial charge in [0, 0.05) is 17.2 Å². The summed E-state index contributed by atoms with van der Waals surface area (Å²) >= 11 is 0. The molecule has 0 aromatic rings. The summed E-state index contributed by atoms with van der Waals surface area (Å²) in [7, 11) is 0. The third kappa shape index (κ3) is 3.22. The number of amides is 1. The molecule has 2 N–H and O–H groups in total. The molecule has 88 valence electrons. The van der Waals surface area contributed by atoms with E-state index in [2.05, 4.69) is 11.4 Å². The van der Waals surface area contributed by atoms with Crippen LogP contribution in [0.4, 0.5) is 0 Å². The van der Waals surface area contributed by atoms with Gasteiger partial charge in [0.1, 0.15) is 0 Å². The fourth-order valence-electron chi connectivity index (χ4n) is 1.55. The predicted octanol–water partition coefficient (Wildman–Crippen LogP) is 1.63. The van der Waals surface area contributed by atoms with E-state index in [-0.39, 0.29) is 23.1 Å². The van der Waals surface area contributed by atoms with Crippen molar-refractivity contribution in [2.75, 3.05) is 0 Å². The summed E-state index contributed by atoms with van der Waals surface area (Å²) in [6, 6.07) is 0.133. The summed E-state index contributed by atoms with van der Waals surface area (Å²) in [5.74, 6) is -1.32. The van der Waals surface area contributed by atoms with Crippen molar-refractivity contribution < 1.29 is 14.7 Å². The minimum absolute atomic E-state index is 0.101. The SMILES string of the molecule is CC(C(=O)O)=C(C)C(=O)NC1CC=CCC1. The van der Waals surface area contributed by atoms with Crippen molar-refractivity contribution in [1.29, 1.82) is 0 Å². The Hall–Kier alpha value is -1.58. The van der Waals surface area contributed by atoms with E-state index in [9.17, 15) is 9.59 Å². The van der Waals surface area contributed by atoms with Crippen LogP contribution in [-0.2, 0) is 9.59 Å². The van der Waals surface area contributed by atoms with Crippen LogP contribution in [0.25, 0.3) is 0 Å². The lowest BCUT2D eigenvalue weighted by atomic mass is 10.0. The molecule has 1 aliphatic rings. The summed E-state index contributed by atoms with van der Waals surface area (Å²) in [5.41, 5.74) is 0.380. The largest absolute Gasteiger partial charge is 0.478 e. The maximum Gasteiger partial charge on any atom is 0.331 e. The van der Waals surface area contributed by atoms with Gasteiger partial charge in [-0.1, -0.05) is 12.2 Å². The Kier molecular flexibility index (Phi) is 4.28. The lowest BCUT2D eigenvalue weighted by Crippen LogP contribution is -2.36. The molecule has 0 aliphatic heterocycles. The highest BCUT2D eigenvalue weighted by molar-refractivity contribution is 6.01. The Labute approximate surface area is 95.0 Å². The second-order valence-electron chi connectivity index (χ2n) is 4.01. The molecule has 4 heteroatoms. The van der Waals surface area contributed by atoms with Crippen molar-refractivity contribution in [1.82, 2.24) is 5.32 Å². The summed E-state index contributed by atoms with van der Waals surface area (Å²) in [4.78, 5) is 22.4. The van der Waals surface area contributed by atoms with Crippen LogP contribution < -0.4 is 5.32 Å². The van der Waals surface area contributed by atoms with Crippen molar-refractivity contribution >= 4 is 11.9 Å². The number of hydrogen-bond acceptors (Lipinski definition) is 2. The highest BCUT2D eigenvalue weighted by Gasteiger charge is 2.17. The van der Waals surface area contributed by atoms with Gasteiger partial charge in [0.25, 0.3) is 0 Å². The molecule has 0 spiro atoms. The van der Waals surface area contributed by atoms with Gasteiger partial charge in [0.15, 0.2) is 0 Å². The normalized spacial score (nSPS) is 21.2. The molecule has 16 heavy (non-hydrogen) atoms. The monoisotopic (exact) mass is 223 g/mol. The summed E-state index contributed by atoms with van der Waals surface area (Å²) in [6.45, 7) is 2.98. The molecule has 1 rings (SSSR count). The zero-order chi connectivity index (χ0) is 12.1. The number of carbonyl (C=O) groups excluding carboxylic acids is 1. The molecule has 1 amide bonds. The maximum absolute atomic E-state index is 11.7. The van der Waals surface area contributed by atoms with Gasteiger partial charge in [-0.3, -0.25) is 4.79 Å². The molecule has 0 saturated heterocycles. The molecule has 0 bridgehead atoms. The van der Waals surface area contributed by atoms with E-state index in [1.54, 1.807) is 0 Å². The van der Waals surface area contributed by atoms with Crippen molar-refractivity contribution in [3.8, 4) is 0 Å². The molecular formula is C12H17NO3. The first-order valence-electron chi connectivity index (χ1n) is 5.39. The van der Waals surface area contributed by atoms with Gasteiger partial charge in [-0.05, 0) is 33.1 Å². The molecule has 0 radical (unpaired) electrons. The Bertz CT molecular complexity index is 355. The van der Waals surface area contributed by atoms with Crippen molar-refractivity contribution in [3.05, 3.63) is 23.3 Å². The predicted molar refractivity (Wildman–Crippen MR) is 60.9 cm³/mol. The number of carboxylic acid groups (broad SMARTS) is 1. The van der Waals surface area contributed by atoms with Gasteiger partial charge >= 0.3 is 5.97 Å². The molecule has 0 aromatic heterocycles. The topological polar surface area (TPSA) is 66.4 Å². The van der Waals surface area contributed by atoms with Crippen LogP contribution in [0.5, 0.6) is 0 Å². The van der Waals surface area contributed by atoms with Crippen molar-refractivity contribution in [2.24, 2.45) is 0 Å². The van der Waals surface area contributed by atoms with Gasteiger partial charge in [-0.25, -0.2) is 4.79 Å². The zero-order valence-corrected chi connectivity index (χ0v) is 9.62. The third-order valence-electron chi connectivity index (χ3n) is 2.83. The number of carbonyl (C=O) groups is 2. The molecule has 0 fully saturated rings. The first-order chi connectivity index (χ1) is 7.52. The molecule has 1 unspecified atom stereocenters. The van der Waals surface area contributed by atoms with Gasteiger partial charge in [0.2, 0.25) is 5.91 Å². The van der Waals surface area contributed by atoms with E-state index in [0.717, 1.165) is 19.3 Å². The van der Waals surface area contributed by atoms with Crippen LogP contribution >= 0.6 is 0 Å². The summed E-state index contributed by atoms with van der Waals surface area (Å²) in [5, 5.41) is 11.6. The van der Waals surface area contributed by atoms with Crippen LogP contribution in [0.15, 0.2) is 23.3 Å². The Balaban J connectivity index is 2.61. The lowest BCUT2D eigenvalue weighted by molar-refractivity contribution is -0.133. The van der Waals surface area contributed by atoms with Gasteiger partial charge in [-0.2, -0.15) is 0 Å². The van der Waals surface area contributed by atoms with E-state index in [0.29, 0.717) is 0 Å². The Morgan fingerprint density at radius 1 is 1.25 bits per heavy atom. The quantitative estimate of drug-likeness (QED) is 0.564. The van der Waals surface area contributed by atoms with E-state index < -0.39 is 5.97 Å². The zero-order valence-electron chi connectivity index (χ0n) is 9.62. The molecule has 0 heterocycles. The van der Waals surface area contributed by atoms with Gasteiger partial charge < -0.3 is 10.4 Å². The standard InChI is InChI=1S/C12H17NO3/c1-8(9(2)12(15)16)11(14)13-10-6-4-3-5-7-10/h3-4,10H,5-7H2,1-2H3,(H,13,14)(H,15,16). The highest BCUT2D eigenvalue weighted by atomic mass is 16.4. The Morgan fingerprint density at radius 3 is 2.44 bits per heavy atom. The number of hydrogen-bond donors (Lipinski definition) is 2. The molecular weight excluding hydrogens is 206 g/mol. The second-order valence-corrected chi connectivity index (χ2v) is 4.01. The number of allylic oxidation sites excluding steroid dienone is 1. The minimum Gasteiger partial charge on any atom is -0.478 e. The van der Waals surface area contributed by atoms with Crippen LogP contribution in [0.1, 0.15) is 33.1 Å². The Morgan fingerprint density at radius 2 is 1.94 bits per heavy atom. The number of carboxylic acids is 1. The van der Waals surface area contributed by atoms with E-state index >= 15 is 0 Å². The van der Waals surface area contributed by atoms with Crippen LogP contribution in [0, 0.1) is 0 Å².